The van der Waals surface area contributed by atoms with Crippen LogP contribution < -0.4 is 3.87 Å². The van der Waals surface area contributed by atoms with E-state index in [0.29, 0.717) is 5.92 Å². The summed E-state index contributed by atoms with van der Waals surface area (Å²) in [6, 6.07) is 16.2. The molecule has 0 N–H and O–H groups in total. The van der Waals surface area contributed by atoms with E-state index >= 15 is 0 Å². The van der Waals surface area contributed by atoms with Crippen LogP contribution in [0.15, 0.2) is 63.1 Å². The molecule has 0 heterocycles. The van der Waals surface area contributed by atoms with Crippen LogP contribution in [-0.4, -0.2) is 6.19 Å². The van der Waals surface area contributed by atoms with E-state index in [9.17, 15) is 0 Å². The zero-order valence-corrected chi connectivity index (χ0v) is 19.4. The molecule has 0 saturated carbocycles. The van der Waals surface area contributed by atoms with Gasteiger partial charge < -0.3 is 0 Å². The van der Waals surface area contributed by atoms with E-state index in [4.69, 9.17) is 0 Å². The second-order valence-electron chi connectivity index (χ2n) is 8.11. The average molecular weight is 392 g/mol. The van der Waals surface area contributed by atoms with Crippen molar-refractivity contribution < 1.29 is 16.6 Å². The minimum atomic E-state index is -1.50. The zero-order valence-electron chi connectivity index (χ0n) is 16.8. The minimum absolute atomic E-state index is 0.345. The van der Waals surface area contributed by atoms with Gasteiger partial charge in [0.25, 0.3) is 0 Å². The molecule has 2 aliphatic rings. The van der Waals surface area contributed by atoms with Gasteiger partial charge in [-0.1, -0.05) is 0 Å². The van der Waals surface area contributed by atoms with E-state index < -0.39 is 16.6 Å². The number of rotatable bonds is 2. The first-order chi connectivity index (χ1) is 12.4. The Morgan fingerprint density at radius 1 is 0.885 bits per heavy atom. The molecular formula is C24H28SiTi. The van der Waals surface area contributed by atoms with Crippen molar-refractivity contribution in [1.29, 1.82) is 0 Å². The molecule has 1 atom stereocenters. The van der Waals surface area contributed by atoms with Crippen molar-refractivity contribution in [3.05, 3.63) is 74.2 Å². The van der Waals surface area contributed by atoms with Crippen molar-refractivity contribution in [2.45, 2.75) is 47.2 Å². The van der Waals surface area contributed by atoms with Gasteiger partial charge in [-0.15, -0.1) is 0 Å². The van der Waals surface area contributed by atoms with Crippen molar-refractivity contribution in [2.75, 3.05) is 0 Å². The Kier molecular flexibility index (Phi) is 4.75. The second kappa shape index (κ2) is 6.78. The Hall–Kier alpha value is -1.15. The Bertz CT molecular complexity index is 1020. The quantitative estimate of drug-likeness (QED) is 0.469. The fourth-order valence-electron chi connectivity index (χ4n) is 4.84. The SMILES string of the molecule is CC1=C(C)C(C)[C]([Ti]([c]2cccc3c2Cc2ccccc2-3)=[Si](C)C)=C1C. The molecule has 26 heavy (non-hydrogen) atoms. The summed E-state index contributed by atoms with van der Waals surface area (Å²) in [4.78, 5) is 0. The molecule has 132 valence electrons. The standard InChI is InChI=1S/C13H9.C9H13.C2H6Si.Ti/c1-3-7-12-10(5-1)9-11-6-2-4-8-13(11)12;1-6-5-7(2)9(4)8(6)3;1-3-2;/h1-5,7-8H,9H2;6H,1-4H3;1-2H3;. The molecule has 1 unspecified atom stereocenters. The molecule has 2 aromatic rings. The monoisotopic (exact) mass is 392 g/mol. The van der Waals surface area contributed by atoms with Crippen LogP contribution in [0.4, 0.5) is 0 Å². The van der Waals surface area contributed by atoms with Crippen LogP contribution in [0.25, 0.3) is 11.1 Å². The predicted molar refractivity (Wildman–Crippen MR) is 112 cm³/mol. The molecule has 0 spiro atoms. The third kappa shape index (κ3) is 2.68. The van der Waals surface area contributed by atoms with Gasteiger partial charge in [-0.05, 0) is 0 Å². The van der Waals surface area contributed by atoms with E-state index in [1.165, 1.54) is 16.7 Å². The molecular weight excluding hydrogens is 364 g/mol. The molecule has 4 rings (SSSR count). The molecule has 2 aromatic carbocycles. The van der Waals surface area contributed by atoms with E-state index in [2.05, 4.69) is 83.3 Å². The average Bonchev–Trinajstić information content (AvgIpc) is 3.09. The van der Waals surface area contributed by atoms with Gasteiger partial charge in [-0.25, -0.2) is 0 Å². The van der Waals surface area contributed by atoms with Gasteiger partial charge in [0.05, 0.1) is 0 Å². The van der Waals surface area contributed by atoms with Crippen LogP contribution in [0, 0.1) is 5.92 Å². The maximum absolute atomic E-state index is 2.57. The van der Waals surface area contributed by atoms with Gasteiger partial charge in [0, 0.05) is 0 Å². The van der Waals surface area contributed by atoms with Crippen LogP contribution in [-0.2, 0) is 23.0 Å². The van der Waals surface area contributed by atoms with Gasteiger partial charge in [0.2, 0.25) is 0 Å². The summed E-state index contributed by atoms with van der Waals surface area (Å²) in [6.07, 6.45) is 0.793. The van der Waals surface area contributed by atoms with Crippen molar-refractivity contribution in [1.82, 2.24) is 0 Å². The van der Waals surface area contributed by atoms with Crippen LogP contribution in [0.5, 0.6) is 0 Å². The fourth-order valence-corrected chi connectivity index (χ4v) is 17.2. The van der Waals surface area contributed by atoms with Gasteiger partial charge >= 0.3 is 165 Å². The first kappa shape index (κ1) is 18.2. The van der Waals surface area contributed by atoms with Gasteiger partial charge in [-0.2, -0.15) is 0 Å². The zero-order chi connectivity index (χ0) is 18.6. The predicted octanol–water partition coefficient (Wildman–Crippen LogP) is 6.01. The summed E-state index contributed by atoms with van der Waals surface area (Å²) in [7, 11) is 0. The Morgan fingerprint density at radius 3 is 2.23 bits per heavy atom. The molecule has 2 heteroatoms. The fraction of sp³-hybridized carbons (Fsp3) is 0.333. The molecule has 0 amide bonds. The summed E-state index contributed by atoms with van der Waals surface area (Å²) in [5.41, 5.74) is 11.0. The van der Waals surface area contributed by atoms with Gasteiger partial charge in [0.15, 0.2) is 0 Å². The molecule has 0 aliphatic heterocycles. The number of hydrogen-bond donors (Lipinski definition) is 0. The molecule has 0 radical (unpaired) electrons. The van der Waals surface area contributed by atoms with E-state index in [1.54, 1.807) is 26.2 Å². The molecule has 0 fully saturated rings. The second-order valence-corrected chi connectivity index (χ2v) is 19.7. The number of hydrogen-bond acceptors (Lipinski definition) is 0. The third-order valence-electron chi connectivity index (χ3n) is 6.53. The summed E-state index contributed by atoms with van der Waals surface area (Å²) in [5, 5.41) is 0. The maximum atomic E-state index is 2.57. The molecule has 0 nitrogen and oxygen atoms in total. The van der Waals surface area contributed by atoms with Crippen LogP contribution in [0.2, 0.25) is 13.1 Å². The van der Waals surface area contributed by atoms with Crippen LogP contribution >= 0.6 is 0 Å². The Balaban J connectivity index is 1.93. The summed E-state index contributed by atoms with van der Waals surface area (Å²) < 4.78 is 3.63. The summed E-state index contributed by atoms with van der Waals surface area (Å²) in [6.45, 7) is 14.7. The van der Waals surface area contributed by atoms with Gasteiger partial charge in [-0.3, -0.25) is 0 Å². The van der Waals surface area contributed by atoms with Crippen molar-refractivity contribution in [2.24, 2.45) is 5.92 Å². The van der Waals surface area contributed by atoms with Gasteiger partial charge in [0.1, 0.15) is 0 Å². The van der Waals surface area contributed by atoms with Crippen molar-refractivity contribution in [3.63, 3.8) is 0 Å². The number of benzene rings is 2. The van der Waals surface area contributed by atoms with Crippen molar-refractivity contribution in [3.8, 4) is 11.1 Å². The van der Waals surface area contributed by atoms with E-state index in [1.807, 2.05) is 3.88 Å². The molecule has 0 aromatic heterocycles. The van der Waals surface area contributed by atoms with Crippen LogP contribution in [0.1, 0.15) is 38.8 Å². The Morgan fingerprint density at radius 2 is 1.58 bits per heavy atom. The summed E-state index contributed by atoms with van der Waals surface area (Å²) >= 11 is -1.50. The first-order valence-electron chi connectivity index (χ1n) is 9.68. The molecule has 0 saturated heterocycles. The summed E-state index contributed by atoms with van der Waals surface area (Å²) in [5.74, 6) is 0.657. The number of fused-ring (bicyclic) bond motifs is 3. The molecule has 2 aliphatic carbocycles. The molecule has 0 bridgehead atoms. The Labute approximate surface area is 164 Å². The van der Waals surface area contributed by atoms with E-state index in [0.717, 1.165) is 6.42 Å². The van der Waals surface area contributed by atoms with Crippen molar-refractivity contribution >= 4 is 10.1 Å². The normalized spacial score (nSPS) is 18.3. The first-order valence-corrected chi connectivity index (χ1v) is 16.1. The number of allylic oxidation sites excluding steroid dienone is 4. The van der Waals surface area contributed by atoms with E-state index in [-0.39, 0.29) is 6.19 Å². The topological polar surface area (TPSA) is 0 Å². The third-order valence-corrected chi connectivity index (χ3v) is 18.1. The van der Waals surface area contributed by atoms with Crippen LogP contribution in [0.3, 0.4) is 0 Å².